The van der Waals surface area contributed by atoms with Crippen LogP contribution in [0.3, 0.4) is 0 Å². The first-order valence-corrected chi connectivity index (χ1v) is 10.0. The molecule has 3 rings (SSSR count). The van der Waals surface area contributed by atoms with Gasteiger partial charge < -0.3 is 19.7 Å². The van der Waals surface area contributed by atoms with Crippen LogP contribution < -0.4 is 14.8 Å². The van der Waals surface area contributed by atoms with Crippen molar-refractivity contribution in [3.63, 3.8) is 0 Å². The van der Waals surface area contributed by atoms with E-state index in [4.69, 9.17) is 9.47 Å². The largest absolute Gasteiger partial charge is 0.493 e. The zero-order valence-corrected chi connectivity index (χ0v) is 17.3. The summed E-state index contributed by atoms with van der Waals surface area (Å²) >= 11 is 0. The van der Waals surface area contributed by atoms with Gasteiger partial charge in [0.25, 0.3) is 11.8 Å². The molecule has 0 bridgehead atoms. The van der Waals surface area contributed by atoms with Crippen molar-refractivity contribution in [3.8, 4) is 11.5 Å². The summed E-state index contributed by atoms with van der Waals surface area (Å²) in [5.41, 5.74) is 1.54. The van der Waals surface area contributed by atoms with Gasteiger partial charge >= 0.3 is 0 Å². The van der Waals surface area contributed by atoms with Gasteiger partial charge in [-0.3, -0.25) is 14.6 Å². The number of benzene rings is 1. The third-order valence-electron chi connectivity index (χ3n) is 5.00. The number of amides is 2. The molecule has 7 nitrogen and oxygen atoms in total. The average Bonchev–Trinajstić information content (AvgIpc) is 2.79. The highest BCUT2D eigenvalue weighted by atomic mass is 16.5. The highest BCUT2D eigenvalue weighted by Gasteiger charge is 2.24. The molecule has 7 heteroatoms. The maximum atomic E-state index is 12.5. The molecular weight excluding hydrogens is 382 g/mol. The van der Waals surface area contributed by atoms with Crippen LogP contribution in [0.15, 0.2) is 48.8 Å². The Kier molecular flexibility index (Phi) is 7.43. The molecule has 0 radical (unpaired) electrons. The van der Waals surface area contributed by atoms with Crippen molar-refractivity contribution >= 4 is 17.9 Å². The molecule has 1 aliphatic rings. The maximum Gasteiger partial charge on any atom is 0.260 e. The summed E-state index contributed by atoms with van der Waals surface area (Å²) in [4.78, 5) is 30.5. The number of likely N-dealkylation sites (tertiary alicyclic amines) is 1. The fourth-order valence-electron chi connectivity index (χ4n) is 3.37. The van der Waals surface area contributed by atoms with E-state index in [-0.39, 0.29) is 24.5 Å². The van der Waals surface area contributed by atoms with E-state index in [0.717, 1.165) is 5.56 Å². The van der Waals surface area contributed by atoms with Crippen LogP contribution in [-0.2, 0) is 4.79 Å². The Morgan fingerprint density at radius 2 is 2.03 bits per heavy atom. The molecule has 2 heterocycles. The molecule has 1 aliphatic heterocycles. The lowest BCUT2D eigenvalue weighted by molar-refractivity contribution is -0.134. The van der Waals surface area contributed by atoms with Crippen molar-refractivity contribution < 1.29 is 19.1 Å². The summed E-state index contributed by atoms with van der Waals surface area (Å²) in [7, 11) is 1.58. The Bertz CT molecular complexity index is 891. The molecule has 1 N–H and O–H groups in total. The Balaban J connectivity index is 1.47. The van der Waals surface area contributed by atoms with Gasteiger partial charge in [0.15, 0.2) is 18.1 Å². The van der Waals surface area contributed by atoms with Crippen LogP contribution in [0, 0.1) is 0 Å². The number of allylic oxidation sites excluding steroid dienone is 1. The van der Waals surface area contributed by atoms with Crippen LogP contribution in [0.4, 0.5) is 0 Å². The smallest absolute Gasteiger partial charge is 0.260 e. The van der Waals surface area contributed by atoms with E-state index >= 15 is 0 Å². The van der Waals surface area contributed by atoms with E-state index in [9.17, 15) is 9.59 Å². The van der Waals surface area contributed by atoms with Gasteiger partial charge in [-0.05, 0) is 49.6 Å². The molecule has 0 unspecified atom stereocenters. The third kappa shape index (κ3) is 5.59. The summed E-state index contributed by atoms with van der Waals surface area (Å²) in [6.45, 7) is 3.06. The van der Waals surface area contributed by atoms with E-state index < -0.39 is 0 Å². The molecule has 0 aliphatic carbocycles. The molecular formula is C23H27N3O4. The minimum Gasteiger partial charge on any atom is -0.493 e. The number of aromatic nitrogens is 1. The molecule has 0 spiro atoms. The zero-order valence-electron chi connectivity index (χ0n) is 17.3. The third-order valence-corrected chi connectivity index (χ3v) is 5.00. The number of nitrogens with zero attached hydrogens (tertiary/aromatic N) is 2. The first-order chi connectivity index (χ1) is 14.6. The van der Waals surface area contributed by atoms with Gasteiger partial charge in [0.1, 0.15) is 0 Å². The zero-order chi connectivity index (χ0) is 21.3. The van der Waals surface area contributed by atoms with Gasteiger partial charge in [0, 0.05) is 31.5 Å². The average molecular weight is 409 g/mol. The number of carbonyl (C=O) groups is 2. The number of hydrogen-bond donors (Lipinski definition) is 1. The van der Waals surface area contributed by atoms with Gasteiger partial charge in [0.05, 0.1) is 12.7 Å². The first kappa shape index (κ1) is 21.4. The van der Waals surface area contributed by atoms with Gasteiger partial charge in [-0.2, -0.15) is 0 Å². The lowest BCUT2D eigenvalue weighted by Crippen LogP contribution is -2.47. The summed E-state index contributed by atoms with van der Waals surface area (Å²) in [5.74, 6) is 0.921. The van der Waals surface area contributed by atoms with E-state index in [2.05, 4.69) is 10.3 Å². The Morgan fingerprint density at radius 1 is 1.23 bits per heavy atom. The quantitative estimate of drug-likeness (QED) is 0.761. The molecule has 0 atom stereocenters. The van der Waals surface area contributed by atoms with Crippen molar-refractivity contribution in [1.29, 1.82) is 0 Å². The second kappa shape index (κ2) is 10.4. The molecule has 2 aromatic rings. The van der Waals surface area contributed by atoms with Crippen molar-refractivity contribution in [1.82, 2.24) is 15.2 Å². The number of nitrogens with one attached hydrogen (secondary N) is 1. The number of ether oxygens (including phenoxy) is 2. The highest BCUT2D eigenvalue weighted by Crippen LogP contribution is 2.28. The van der Waals surface area contributed by atoms with Crippen LogP contribution >= 0.6 is 0 Å². The fraction of sp³-hybridized carbons (Fsp3) is 0.348. The molecule has 2 amide bonds. The second-order valence-corrected chi connectivity index (χ2v) is 7.07. The summed E-state index contributed by atoms with van der Waals surface area (Å²) in [6, 6.07) is 9.11. The van der Waals surface area contributed by atoms with Crippen molar-refractivity contribution in [3.05, 3.63) is 59.9 Å². The summed E-state index contributed by atoms with van der Waals surface area (Å²) < 4.78 is 11.1. The van der Waals surface area contributed by atoms with Crippen LogP contribution in [-0.4, -0.2) is 54.5 Å². The summed E-state index contributed by atoms with van der Waals surface area (Å²) in [5, 5.41) is 3.01. The van der Waals surface area contributed by atoms with Crippen LogP contribution in [0.5, 0.6) is 11.5 Å². The summed E-state index contributed by atoms with van der Waals surface area (Å²) in [6.07, 6.45) is 8.51. The number of rotatable bonds is 7. The minimum absolute atomic E-state index is 0.0435. The molecule has 1 saturated heterocycles. The maximum absolute atomic E-state index is 12.5. The normalized spacial score (nSPS) is 14.5. The molecule has 1 aromatic heterocycles. The number of methoxy groups -OCH3 is 1. The predicted molar refractivity (Wildman–Crippen MR) is 115 cm³/mol. The van der Waals surface area contributed by atoms with E-state index in [1.807, 2.05) is 37.3 Å². The molecule has 0 saturated carbocycles. The van der Waals surface area contributed by atoms with Gasteiger partial charge in [-0.25, -0.2) is 0 Å². The fourth-order valence-corrected chi connectivity index (χ4v) is 3.37. The first-order valence-electron chi connectivity index (χ1n) is 10.0. The second-order valence-electron chi connectivity index (χ2n) is 7.07. The van der Waals surface area contributed by atoms with Crippen molar-refractivity contribution in [2.75, 3.05) is 26.8 Å². The molecule has 158 valence electrons. The SMILES string of the molecule is C/C=C/c1ccc(OCC(=O)N2CCC(NC(=O)c3cccnc3)CC2)c(OC)c1. The van der Waals surface area contributed by atoms with E-state index in [1.165, 1.54) is 0 Å². The highest BCUT2D eigenvalue weighted by molar-refractivity contribution is 5.94. The number of piperidine rings is 1. The van der Waals surface area contributed by atoms with Gasteiger partial charge in [-0.15, -0.1) is 0 Å². The van der Waals surface area contributed by atoms with Crippen LogP contribution in [0.1, 0.15) is 35.7 Å². The predicted octanol–water partition coefficient (Wildman–Crippen LogP) is 2.92. The molecule has 30 heavy (non-hydrogen) atoms. The lowest BCUT2D eigenvalue weighted by Gasteiger charge is -2.32. The standard InChI is InChI=1S/C23H27N3O4/c1-3-5-17-7-8-20(21(14-17)29-2)30-16-22(27)26-12-9-19(10-13-26)25-23(28)18-6-4-11-24-15-18/h3-8,11,14-15,19H,9-10,12-13,16H2,1-2H3,(H,25,28)/b5-3+. The minimum atomic E-state index is -0.135. The number of carbonyl (C=O) groups excluding carboxylic acids is 2. The van der Waals surface area contributed by atoms with E-state index in [1.54, 1.807) is 36.5 Å². The topological polar surface area (TPSA) is 80.8 Å². The van der Waals surface area contributed by atoms with Gasteiger partial charge in [0.2, 0.25) is 0 Å². The number of pyridine rings is 1. The van der Waals surface area contributed by atoms with Crippen LogP contribution in [0.2, 0.25) is 0 Å². The Labute approximate surface area is 176 Å². The van der Waals surface area contributed by atoms with E-state index in [0.29, 0.717) is 43.0 Å². The van der Waals surface area contributed by atoms with Crippen molar-refractivity contribution in [2.24, 2.45) is 0 Å². The van der Waals surface area contributed by atoms with Gasteiger partial charge in [-0.1, -0.05) is 18.2 Å². The van der Waals surface area contributed by atoms with Crippen LogP contribution in [0.25, 0.3) is 6.08 Å². The Morgan fingerprint density at radius 3 is 2.70 bits per heavy atom. The Hall–Kier alpha value is -3.35. The van der Waals surface area contributed by atoms with Crippen molar-refractivity contribution in [2.45, 2.75) is 25.8 Å². The lowest BCUT2D eigenvalue weighted by atomic mass is 10.0. The number of hydrogen-bond acceptors (Lipinski definition) is 5. The molecule has 1 aromatic carbocycles. The molecule has 1 fully saturated rings. The monoisotopic (exact) mass is 409 g/mol.